The Labute approximate surface area is 128 Å². The summed E-state index contributed by atoms with van der Waals surface area (Å²) in [7, 11) is 0. The lowest BCUT2D eigenvalue weighted by molar-refractivity contribution is 0.0952. The molecule has 3 aromatic rings. The molecule has 0 saturated carbocycles. The van der Waals surface area contributed by atoms with E-state index >= 15 is 0 Å². The summed E-state index contributed by atoms with van der Waals surface area (Å²) in [4.78, 5) is 12.0. The van der Waals surface area contributed by atoms with Gasteiger partial charge in [-0.25, -0.2) is 0 Å². The molecule has 1 amide bonds. The number of hydrogen-bond acceptors (Lipinski definition) is 3. The second-order valence-electron chi connectivity index (χ2n) is 5.13. The van der Waals surface area contributed by atoms with Crippen LogP contribution in [0.25, 0.3) is 11.1 Å². The Bertz CT molecular complexity index is 760. The first kappa shape index (κ1) is 14.1. The second-order valence-corrected chi connectivity index (χ2v) is 5.13. The molecule has 0 aliphatic heterocycles. The number of aromatic nitrogens is 2. The van der Waals surface area contributed by atoms with Gasteiger partial charge in [-0.15, -0.1) is 0 Å². The maximum absolute atomic E-state index is 12.0. The van der Waals surface area contributed by atoms with Gasteiger partial charge in [-0.1, -0.05) is 17.7 Å². The summed E-state index contributed by atoms with van der Waals surface area (Å²) < 4.78 is 6.86. The molecule has 0 aliphatic rings. The molecule has 112 valence electrons. The molecular weight excluding hydrogens is 278 g/mol. The first-order chi connectivity index (χ1) is 10.7. The lowest BCUT2D eigenvalue weighted by atomic mass is 10.1. The molecule has 2 aromatic heterocycles. The van der Waals surface area contributed by atoms with Crippen molar-refractivity contribution in [3.05, 3.63) is 66.4 Å². The van der Waals surface area contributed by atoms with Crippen LogP contribution in [0.1, 0.15) is 15.9 Å². The number of carbonyl (C=O) groups is 1. The quantitative estimate of drug-likeness (QED) is 0.787. The summed E-state index contributed by atoms with van der Waals surface area (Å²) in [5.74, 6) is -0.0640. The van der Waals surface area contributed by atoms with Gasteiger partial charge in [0.2, 0.25) is 0 Å². The topological polar surface area (TPSA) is 60.1 Å². The Kier molecular flexibility index (Phi) is 4.05. The molecular formula is C17H17N3O2. The molecule has 0 radical (unpaired) electrons. The summed E-state index contributed by atoms with van der Waals surface area (Å²) in [6.07, 6.45) is 7.03. The zero-order valence-electron chi connectivity index (χ0n) is 12.3. The van der Waals surface area contributed by atoms with Crippen molar-refractivity contribution in [2.75, 3.05) is 6.54 Å². The van der Waals surface area contributed by atoms with Crippen LogP contribution in [0.4, 0.5) is 0 Å². The van der Waals surface area contributed by atoms with Crippen LogP contribution in [-0.4, -0.2) is 22.2 Å². The summed E-state index contributed by atoms with van der Waals surface area (Å²) >= 11 is 0. The molecule has 3 rings (SSSR count). The number of aryl methyl sites for hydroxylation is 1. The highest BCUT2D eigenvalue weighted by Crippen LogP contribution is 2.18. The highest BCUT2D eigenvalue weighted by atomic mass is 16.3. The Morgan fingerprint density at radius 2 is 2.23 bits per heavy atom. The van der Waals surface area contributed by atoms with Crippen molar-refractivity contribution in [2.45, 2.75) is 13.5 Å². The fourth-order valence-electron chi connectivity index (χ4n) is 2.24. The predicted octanol–water partition coefficient (Wildman–Crippen LogP) is 2.88. The van der Waals surface area contributed by atoms with Gasteiger partial charge in [0.1, 0.15) is 0 Å². The minimum Gasteiger partial charge on any atom is -0.472 e. The Morgan fingerprint density at radius 1 is 1.32 bits per heavy atom. The van der Waals surface area contributed by atoms with Gasteiger partial charge < -0.3 is 9.73 Å². The number of nitrogens with one attached hydrogen (secondary N) is 1. The molecule has 0 unspecified atom stereocenters. The molecule has 5 nitrogen and oxygen atoms in total. The zero-order valence-corrected chi connectivity index (χ0v) is 12.3. The van der Waals surface area contributed by atoms with Gasteiger partial charge in [0.25, 0.3) is 5.91 Å². The predicted molar refractivity (Wildman–Crippen MR) is 83.4 cm³/mol. The maximum Gasteiger partial charge on any atom is 0.251 e. The third-order valence-electron chi connectivity index (χ3n) is 3.39. The van der Waals surface area contributed by atoms with Crippen molar-refractivity contribution in [1.82, 2.24) is 15.1 Å². The van der Waals surface area contributed by atoms with Crippen LogP contribution < -0.4 is 5.32 Å². The molecule has 0 bridgehead atoms. The van der Waals surface area contributed by atoms with Crippen molar-refractivity contribution in [1.29, 1.82) is 0 Å². The van der Waals surface area contributed by atoms with E-state index in [0.717, 1.165) is 16.7 Å². The lowest BCUT2D eigenvalue weighted by Gasteiger charge is -2.06. The average molecular weight is 295 g/mol. The van der Waals surface area contributed by atoms with Crippen molar-refractivity contribution in [3.63, 3.8) is 0 Å². The fourth-order valence-corrected chi connectivity index (χ4v) is 2.24. The number of amides is 1. The maximum atomic E-state index is 12.0. The SMILES string of the molecule is Cc1cccc(C(=O)NCCn2cc(-c3ccoc3)cn2)c1. The number of benzene rings is 1. The standard InChI is InChI=1S/C17H17N3O2/c1-13-3-2-4-14(9-13)17(21)18-6-7-20-11-16(10-19-20)15-5-8-22-12-15/h2-5,8-12H,6-7H2,1H3,(H,18,21). The molecule has 0 fully saturated rings. The van der Waals surface area contributed by atoms with Gasteiger partial charge in [0.15, 0.2) is 0 Å². The van der Waals surface area contributed by atoms with E-state index in [0.29, 0.717) is 18.7 Å². The van der Waals surface area contributed by atoms with Crippen LogP contribution in [0.15, 0.2) is 59.7 Å². The molecule has 0 saturated heterocycles. The van der Waals surface area contributed by atoms with Crippen molar-refractivity contribution in [2.24, 2.45) is 0 Å². The van der Waals surface area contributed by atoms with E-state index in [2.05, 4.69) is 10.4 Å². The van der Waals surface area contributed by atoms with Gasteiger partial charge in [0.05, 0.1) is 25.3 Å². The third-order valence-corrected chi connectivity index (χ3v) is 3.39. The summed E-state index contributed by atoms with van der Waals surface area (Å²) in [6.45, 7) is 3.12. The molecule has 0 atom stereocenters. The van der Waals surface area contributed by atoms with E-state index in [9.17, 15) is 4.79 Å². The fraction of sp³-hybridized carbons (Fsp3) is 0.176. The summed E-state index contributed by atoms with van der Waals surface area (Å²) in [6, 6.07) is 9.43. The normalized spacial score (nSPS) is 10.6. The van der Waals surface area contributed by atoms with E-state index in [1.165, 1.54) is 0 Å². The minimum atomic E-state index is -0.0640. The molecule has 5 heteroatoms. The van der Waals surface area contributed by atoms with E-state index < -0.39 is 0 Å². The van der Waals surface area contributed by atoms with Crippen molar-refractivity contribution in [3.8, 4) is 11.1 Å². The minimum absolute atomic E-state index is 0.0640. The number of hydrogen-bond donors (Lipinski definition) is 1. The van der Waals surface area contributed by atoms with Crippen LogP contribution in [0.3, 0.4) is 0 Å². The van der Waals surface area contributed by atoms with Gasteiger partial charge >= 0.3 is 0 Å². The first-order valence-corrected chi connectivity index (χ1v) is 7.12. The molecule has 1 N–H and O–H groups in total. The van der Waals surface area contributed by atoms with E-state index in [1.807, 2.05) is 43.5 Å². The Balaban J connectivity index is 1.54. The van der Waals surface area contributed by atoms with Crippen molar-refractivity contribution < 1.29 is 9.21 Å². The van der Waals surface area contributed by atoms with Crippen LogP contribution in [0.5, 0.6) is 0 Å². The van der Waals surface area contributed by atoms with Gasteiger partial charge in [0, 0.05) is 29.4 Å². The molecule has 1 aromatic carbocycles. The van der Waals surface area contributed by atoms with E-state index in [4.69, 9.17) is 4.42 Å². The van der Waals surface area contributed by atoms with Crippen LogP contribution in [-0.2, 0) is 6.54 Å². The average Bonchev–Trinajstić information content (AvgIpc) is 3.18. The highest BCUT2D eigenvalue weighted by Gasteiger charge is 2.06. The van der Waals surface area contributed by atoms with Gasteiger partial charge in [-0.2, -0.15) is 5.10 Å². The summed E-state index contributed by atoms with van der Waals surface area (Å²) in [5, 5.41) is 7.18. The van der Waals surface area contributed by atoms with Crippen molar-refractivity contribution >= 4 is 5.91 Å². The van der Waals surface area contributed by atoms with Gasteiger partial charge in [-0.3, -0.25) is 9.48 Å². The molecule has 0 spiro atoms. The number of rotatable bonds is 5. The number of carbonyl (C=O) groups excluding carboxylic acids is 1. The molecule has 0 aliphatic carbocycles. The molecule has 22 heavy (non-hydrogen) atoms. The monoisotopic (exact) mass is 295 g/mol. The second kappa shape index (κ2) is 6.30. The molecule has 2 heterocycles. The van der Waals surface area contributed by atoms with Gasteiger partial charge in [-0.05, 0) is 25.1 Å². The third kappa shape index (κ3) is 3.25. The Hall–Kier alpha value is -2.82. The zero-order chi connectivity index (χ0) is 15.4. The smallest absolute Gasteiger partial charge is 0.251 e. The largest absolute Gasteiger partial charge is 0.472 e. The van der Waals surface area contributed by atoms with E-state index in [-0.39, 0.29) is 5.91 Å². The van der Waals surface area contributed by atoms with Crippen LogP contribution >= 0.6 is 0 Å². The first-order valence-electron chi connectivity index (χ1n) is 7.12. The van der Waals surface area contributed by atoms with Crippen LogP contribution in [0, 0.1) is 6.92 Å². The summed E-state index contributed by atoms with van der Waals surface area (Å²) in [5.41, 5.74) is 3.75. The van der Waals surface area contributed by atoms with E-state index in [1.54, 1.807) is 23.4 Å². The Morgan fingerprint density at radius 3 is 3.00 bits per heavy atom. The lowest BCUT2D eigenvalue weighted by Crippen LogP contribution is -2.27. The number of furan rings is 1. The number of nitrogens with zero attached hydrogens (tertiary/aromatic N) is 2. The van der Waals surface area contributed by atoms with Crippen LogP contribution in [0.2, 0.25) is 0 Å². The highest BCUT2D eigenvalue weighted by molar-refractivity contribution is 5.94.